The Hall–Kier alpha value is -1.96. The number of benzene rings is 1. The molecule has 1 aromatic carbocycles. The molecule has 0 spiro atoms. The van der Waals surface area contributed by atoms with Crippen molar-refractivity contribution in [2.45, 2.75) is 31.7 Å². The zero-order chi connectivity index (χ0) is 16.4. The molecule has 1 aliphatic rings. The maximum Gasteiger partial charge on any atom is 0.573 e. The minimum absolute atomic E-state index is 0.162. The van der Waals surface area contributed by atoms with Gasteiger partial charge in [0.25, 0.3) is 0 Å². The molecule has 22 heavy (non-hydrogen) atoms. The van der Waals surface area contributed by atoms with Gasteiger partial charge in [0.1, 0.15) is 5.75 Å². The van der Waals surface area contributed by atoms with Gasteiger partial charge in [-0.25, -0.2) is 4.79 Å². The molecule has 0 aliphatic heterocycles. The summed E-state index contributed by atoms with van der Waals surface area (Å²) in [5.41, 5.74) is -0.570. The summed E-state index contributed by atoms with van der Waals surface area (Å²) in [6.07, 6.45) is -2.94. The van der Waals surface area contributed by atoms with Crippen molar-refractivity contribution in [3.8, 4) is 5.75 Å². The standard InChI is InChI=1S/C14H17F3N2O3/c1-13(8-20,9-5-6-9)19-12(21)18-10-3-2-4-11(7-10)22-14(15,16)17/h2-4,7,9,20H,5-6,8H2,1H3,(H2,18,19,21). The monoisotopic (exact) mass is 318 g/mol. The number of rotatable bonds is 5. The summed E-state index contributed by atoms with van der Waals surface area (Å²) < 4.78 is 40.2. The number of amides is 2. The molecule has 8 heteroatoms. The second kappa shape index (κ2) is 6.04. The van der Waals surface area contributed by atoms with E-state index in [-0.39, 0.29) is 18.2 Å². The van der Waals surface area contributed by atoms with Crippen molar-refractivity contribution in [2.24, 2.45) is 5.92 Å². The summed E-state index contributed by atoms with van der Waals surface area (Å²) in [6.45, 7) is 1.52. The van der Waals surface area contributed by atoms with Gasteiger partial charge in [-0.1, -0.05) is 6.07 Å². The molecule has 2 amide bonds. The van der Waals surface area contributed by atoms with Gasteiger partial charge in [-0.2, -0.15) is 0 Å². The van der Waals surface area contributed by atoms with Crippen LogP contribution in [0.1, 0.15) is 19.8 Å². The van der Waals surface area contributed by atoms with E-state index in [4.69, 9.17) is 0 Å². The molecule has 1 aliphatic carbocycles. The zero-order valence-electron chi connectivity index (χ0n) is 11.9. The first-order valence-electron chi connectivity index (χ1n) is 6.78. The van der Waals surface area contributed by atoms with Crippen molar-refractivity contribution in [1.29, 1.82) is 0 Å². The molecule has 0 heterocycles. The van der Waals surface area contributed by atoms with Crippen molar-refractivity contribution < 1.29 is 27.8 Å². The first-order valence-corrected chi connectivity index (χ1v) is 6.78. The zero-order valence-corrected chi connectivity index (χ0v) is 11.9. The van der Waals surface area contributed by atoms with Crippen LogP contribution in [0.2, 0.25) is 0 Å². The number of aliphatic hydroxyl groups is 1. The highest BCUT2D eigenvalue weighted by Gasteiger charge is 2.42. The van der Waals surface area contributed by atoms with Crippen molar-refractivity contribution in [1.82, 2.24) is 5.32 Å². The fourth-order valence-electron chi connectivity index (χ4n) is 2.18. The van der Waals surface area contributed by atoms with Gasteiger partial charge in [0.2, 0.25) is 0 Å². The van der Waals surface area contributed by atoms with Crippen molar-refractivity contribution in [3.63, 3.8) is 0 Å². The second-order valence-electron chi connectivity index (χ2n) is 5.50. The van der Waals surface area contributed by atoms with Crippen LogP contribution in [-0.2, 0) is 0 Å². The molecule has 122 valence electrons. The van der Waals surface area contributed by atoms with Crippen LogP contribution in [-0.4, -0.2) is 29.6 Å². The molecule has 1 atom stereocenters. The summed E-state index contributed by atoms with van der Waals surface area (Å²) >= 11 is 0. The Kier molecular flexibility index (Phi) is 4.50. The molecule has 1 aromatic rings. The summed E-state index contributed by atoms with van der Waals surface area (Å²) in [7, 11) is 0. The van der Waals surface area contributed by atoms with Crippen LogP contribution in [0.25, 0.3) is 0 Å². The normalized spacial score (nSPS) is 17.5. The number of anilines is 1. The van der Waals surface area contributed by atoms with Gasteiger partial charge in [-0.15, -0.1) is 13.2 Å². The van der Waals surface area contributed by atoms with E-state index in [0.717, 1.165) is 25.0 Å². The third-order valence-electron chi connectivity index (χ3n) is 3.53. The molecule has 0 radical (unpaired) electrons. The molecule has 3 N–H and O–H groups in total. The maximum absolute atomic E-state index is 12.1. The molecular formula is C14H17F3N2O3. The van der Waals surface area contributed by atoms with Crippen LogP contribution in [0, 0.1) is 5.92 Å². The third-order valence-corrected chi connectivity index (χ3v) is 3.53. The van der Waals surface area contributed by atoms with Crippen molar-refractivity contribution in [3.05, 3.63) is 24.3 Å². The first kappa shape index (κ1) is 16.4. The van der Waals surface area contributed by atoms with Crippen molar-refractivity contribution >= 4 is 11.7 Å². The van der Waals surface area contributed by atoms with E-state index in [1.165, 1.54) is 12.1 Å². The smallest absolute Gasteiger partial charge is 0.406 e. The topological polar surface area (TPSA) is 70.6 Å². The maximum atomic E-state index is 12.1. The summed E-state index contributed by atoms with van der Waals surface area (Å²) in [6, 6.07) is 4.39. The minimum Gasteiger partial charge on any atom is -0.406 e. The quantitative estimate of drug-likeness (QED) is 0.782. The lowest BCUT2D eigenvalue weighted by Gasteiger charge is -2.28. The number of hydrogen-bond acceptors (Lipinski definition) is 3. The fraction of sp³-hybridized carbons (Fsp3) is 0.500. The van der Waals surface area contributed by atoms with Gasteiger partial charge in [0.15, 0.2) is 0 Å². The lowest BCUT2D eigenvalue weighted by atomic mass is 9.97. The van der Waals surface area contributed by atoms with E-state index in [1.54, 1.807) is 6.92 Å². The summed E-state index contributed by atoms with van der Waals surface area (Å²) in [5, 5.41) is 14.5. The minimum atomic E-state index is -4.79. The molecule has 1 fully saturated rings. The van der Waals surface area contributed by atoms with Gasteiger partial charge in [-0.3, -0.25) is 0 Å². The number of nitrogens with one attached hydrogen (secondary N) is 2. The molecular weight excluding hydrogens is 301 g/mol. The van der Waals surface area contributed by atoms with Crippen LogP contribution in [0.4, 0.5) is 23.7 Å². The van der Waals surface area contributed by atoms with E-state index in [0.29, 0.717) is 0 Å². The third kappa shape index (κ3) is 4.52. The lowest BCUT2D eigenvalue weighted by molar-refractivity contribution is -0.274. The van der Waals surface area contributed by atoms with Crippen LogP contribution in [0.15, 0.2) is 24.3 Å². The molecule has 5 nitrogen and oxygen atoms in total. The lowest BCUT2D eigenvalue weighted by Crippen LogP contribution is -2.52. The number of carbonyl (C=O) groups is 1. The molecule has 2 rings (SSSR count). The van der Waals surface area contributed by atoms with Gasteiger partial charge in [0.05, 0.1) is 12.1 Å². The van der Waals surface area contributed by atoms with Gasteiger partial charge in [-0.05, 0) is 37.8 Å². The summed E-state index contributed by atoms with van der Waals surface area (Å²) in [5.74, 6) is -0.208. The first-order chi connectivity index (χ1) is 10.2. The second-order valence-corrected chi connectivity index (χ2v) is 5.50. The van der Waals surface area contributed by atoms with E-state index >= 15 is 0 Å². The molecule has 0 aromatic heterocycles. The average Bonchev–Trinajstić information content (AvgIpc) is 3.21. The highest BCUT2D eigenvalue weighted by atomic mass is 19.4. The number of halogens is 3. The molecule has 0 bridgehead atoms. The van der Waals surface area contributed by atoms with Gasteiger partial charge < -0.3 is 20.5 Å². The van der Waals surface area contributed by atoms with Crippen molar-refractivity contribution in [2.75, 3.05) is 11.9 Å². The van der Waals surface area contributed by atoms with E-state index in [2.05, 4.69) is 15.4 Å². The van der Waals surface area contributed by atoms with Crippen LogP contribution in [0.5, 0.6) is 5.75 Å². The molecule has 0 saturated heterocycles. The molecule has 1 unspecified atom stereocenters. The largest absolute Gasteiger partial charge is 0.573 e. The van der Waals surface area contributed by atoms with E-state index in [1.807, 2.05) is 0 Å². The van der Waals surface area contributed by atoms with Gasteiger partial charge >= 0.3 is 12.4 Å². The van der Waals surface area contributed by atoms with E-state index in [9.17, 15) is 23.1 Å². The SMILES string of the molecule is CC(CO)(NC(=O)Nc1cccc(OC(F)(F)F)c1)C1CC1. The number of urea groups is 1. The van der Waals surface area contributed by atoms with E-state index < -0.39 is 23.7 Å². The predicted molar refractivity (Wildman–Crippen MR) is 73.5 cm³/mol. The van der Waals surface area contributed by atoms with Crippen LogP contribution >= 0.6 is 0 Å². The highest BCUT2D eigenvalue weighted by Crippen LogP contribution is 2.39. The fourth-order valence-corrected chi connectivity index (χ4v) is 2.18. The number of carbonyl (C=O) groups excluding carboxylic acids is 1. The molecule has 1 saturated carbocycles. The predicted octanol–water partition coefficient (Wildman–Crippen LogP) is 2.87. The summed E-state index contributed by atoms with van der Waals surface area (Å²) in [4.78, 5) is 11.9. The average molecular weight is 318 g/mol. The number of ether oxygens (including phenoxy) is 1. The Morgan fingerprint density at radius 1 is 1.41 bits per heavy atom. The van der Waals surface area contributed by atoms with Crippen LogP contribution < -0.4 is 15.4 Å². The number of aliphatic hydroxyl groups excluding tert-OH is 1. The number of hydrogen-bond donors (Lipinski definition) is 3. The Morgan fingerprint density at radius 2 is 2.09 bits per heavy atom. The Labute approximate surface area is 125 Å². The number of alkyl halides is 3. The Morgan fingerprint density at radius 3 is 2.64 bits per heavy atom. The Balaban J connectivity index is 1.98. The highest BCUT2D eigenvalue weighted by molar-refractivity contribution is 5.90. The Bertz CT molecular complexity index is 546. The van der Waals surface area contributed by atoms with Crippen LogP contribution in [0.3, 0.4) is 0 Å². The van der Waals surface area contributed by atoms with Gasteiger partial charge in [0, 0.05) is 11.8 Å².